The molecule has 36 heavy (non-hydrogen) atoms. The summed E-state index contributed by atoms with van der Waals surface area (Å²) >= 11 is 3.40. The summed E-state index contributed by atoms with van der Waals surface area (Å²) in [6, 6.07) is 11.3. The standard InChI is InChI=1S/C25H32BrN3O6S/c1-5-36(32,33)29(21-10-11-22-23(12-21)35-16-34-22)15-24(30)28(14-19-6-8-20(26)9-7-19)18(4)25(31)27-13-17(2)3/h6-12,17-18H,5,13-16H2,1-4H3,(H,27,31)/t18-/m0/s1. The second-order valence-electron chi connectivity index (χ2n) is 8.91. The maximum atomic E-state index is 13.7. The second kappa shape index (κ2) is 12.0. The summed E-state index contributed by atoms with van der Waals surface area (Å²) in [5.74, 6) is 0.150. The van der Waals surface area contributed by atoms with Crippen molar-refractivity contribution in [3.8, 4) is 11.5 Å². The Morgan fingerprint density at radius 1 is 1.06 bits per heavy atom. The molecular formula is C25H32BrN3O6S. The first kappa shape index (κ1) is 27.8. The van der Waals surface area contributed by atoms with E-state index in [4.69, 9.17) is 9.47 Å². The Hall–Kier alpha value is -2.79. The smallest absolute Gasteiger partial charge is 0.244 e. The lowest BCUT2D eigenvalue weighted by Crippen LogP contribution is -2.51. The molecule has 3 rings (SSSR count). The number of amides is 2. The van der Waals surface area contributed by atoms with Gasteiger partial charge in [0.25, 0.3) is 0 Å². The maximum absolute atomic E-state index is 13.7. The van der Waals surface area contributed by atoms with E-state index in [9.17, 15) is 18.0 Å². The van der Waals surface area contributed by atoms with Crippen molar-refractivity contribution < 1.29 is 27.5 Å². The fourth-order valence-corrected chi connectivity index (χ4v) is 4.90. The molecule has 0 aliphatic carbocycles. The number of carbonyl (C=O) groups excluding carboxylic acids is 2. The number of fused-ring (bicyclic) bond motifs is 1. The average Bonchev–Trinajstić information content (AvgIpc) is 3.32. The lowest BCUT2D eigenvalue weighted by molar-refractivity contribution is -0.139. The number of ether oxygens (including phenoxy) is 2. The lowest BCUT2D eigenvalue weighted by Gasteiger charge is -2.32. The number of sulfonamides is 1. The van der Waals surface area contributed by atoms with E-state index in [0.717, 1.165) is 14.3 Å². The largest absolute Gasteiger partial charge is 0.454 e. The van der Waals surface area contributed by atoms with E-state index in [2.05, 4.69) is 21.2 Å². The molecule has 196 valence electrons. The van der Waals surface area contributed by atoms with Gasteiger partial charge < -0.3 is 19.7 Å². The predicted octanol–water partition coefficient (Wildman–Crippen LogP) is 3.52. The number of anilines is 1. The van der Waals surface area contributed by atoms with E-state index < -0.39 is 28.5 Å². The van der Waals surface area contributed by atoms with Gasteiger partial charge in [-0.1, -0.05) is 41.9 Å². The Labute approximate surface area is 220 Å². The zero-order valence-corrected chi connectivity index (χ0v) is 23.3. The molecule has 11 heteroatoms. The minimum absolute atomic E-state index is 0.0439. The summed E-state index contributed by atoms with van der Waals surface area (Å²) in [5.41, 5.74) is 1.10. The van der Waals surface area contributed by atoms with E-state index in [1.807, 2.05) is 38.1 Å². The Morgan fingerprint density at radius 3 is 2.36 bits per heavy atom. The van der Waals surface area contributed by atoms with Crippen LogP contribution in [0.5, 0.6) is 11.5 Å². The summed E-state index contributed by atoms with van der Waals surface area (Å²) < 4.78 is 38.7. The van der Waals surface area contributed by atoms with Crippen molar-refractivity contribution in [2.45, 2.75) is 40.3 Å². The molecule has 0 bridgehead atoms. The molecule has 1 heterocycles. The van der Waals surface area contributed by atoms with Crippen LogP contribution in [0.1, 0.15) is 33.3 Å². The van der Waals surface area contributed by atoms with Crippen LogP contribution in [0.15, 0.2) is 46.9 Å². The van der Waals surface area contributed by atoms with E-state index in [0.29, 0.717) is 18.0 Å². The molecule has 0 saturated heterocycles. The highest BCUT2D eigenvalue weighted by Gasteiger charge is 2.31. The van der Waals surface area contributed by atoms with E-state index in [-0.39, 0.29) is 36.6 Å². The molecule has 1 N–H and O–H groups in total. The molecule has 9 nitrogen and oxygen atoms in total. The highest BCUT2D eigenvalue weighted by Crippen LogP contribution is 2.36. The van der Waals surface area contributed by atoms with Crippen LogP contribution >= 0.6 is 15.9 Å². The van der Waals surface area contributed by atoms with Crippen LogP contribution in [-0.2, 0) is 26.2 Å². The van der Waals surface area contributed by atoms with Gasteiger partial charge in [0.05, 0.1) is 11.4 Å². The molecule has 0 spiro atoms. The van der Waals surface area contributed by atoms with Crippen LogP contribution in [0.3, 0.4) is 0 Å². The minimum Gasteiger partial charge on any atom is -0.454 e. The molecule has 0 fully saturated rings. The SMILES string of the molecule is CCS(=O)(=O)N(CC(=O)N(Cc1ccc(Br)cc1)[C@@H](C)C(=O)NCC(C)C)c1ccc2c(c1)OCO2. The maximum Gasteiger partial charge on any atom is 0.244 e. The molecule has 1 aliphatic heterocycles. The Balaban J connectivity index is 1.91. The third-order valence-corrected chi connectivity index (χ3v) is 8.01. The molecule has 2 aromatic rings. The molecule has 0 radical (unpaired) electrons. The van der Waals surface area contributed by atoms with Crippen molar-refractivity contribution in [3.05, 3.63) is 52.5 Å². The summed E-state index contributed by atoms with van der Waals surface area (Å²) in [4.78, 5) is 28.0. The molecule has 0 saturated carbocycles. The van der Waals surface area contributed by atoms with Gasteiger partial charge in [-0.05, 0) is 49.6 Å². The fraction of sp³-hybridized carbons (Fsp3) is 0.440. The van der Waals surface area contributed by atoms with Gasteiger partial charge in [0.15, 0.2) is 11.5 Å². The summed E-state index contributed by atoms with van der Waals surface area (Å²) in [7, 11) is -3.82. The first-order valence-corrected chi connectivity index (χ1v) is 14.1. The summed E-state index contributed by atoms with van der Waals surface area (Å²) in [6.07, 6.45) is 0. The lowest BCUT2D eigenvalue weighted by atomic mass is 10.1. The van der Waals surface area contributed by atoms with Crippen molar-refractivity contribution >= 4 is 43.5 Å². The number of nitrogens with zero attached hydrogens (tertiary/aromatic N) is 2. The van der Waals surface area contributed by atoms with Crippen LogP contribution in [0, 0.1) is 5.92 Å². The van der Waals surface area contributed by atoms with Gasteiger partial charge in [-0.15, -0.1) is 0 Å². The van der Waals surface area contributed by atoms with E-state index >= 15 is 0 Å². The number of carbonyl (C=O) groups is 2. The van der Waals surface area contributed by atoms with Gasteiger partial charge in [0.1, 0.15) is 12.6 Å². The predicted molar refractivity (Wildman–Crippen MR) is 141 cm³/mol. The van der Waals surface area contributed by atoms with Crippen LogP contribution in [0.25, 0.3) is 0 Å². The number of halogens is 1. The summed E-state index contributed by atoms with van der Waals surface area (Å²) in [5, 5.41) is 2.86. The quantitative estimate of drug-likeness (QED) is 0.435. The van der Waals surface area contributed by atoms with Gasteiger partial charge in [-0.3, -0.25) is 13.9 Å². The third kappa shape index (κ3) is 6.91. The average molecular weight is 583 g/mol. The molecule has 2 aromatic carbocycles. The number of hydrogen-bond acceptors (Lipinski definition) is 6. The highest BCUT2D eigenvalue weighted by molar-refractivity contribution is 9.10. The molecule has 2 amide bonds. The highest BCUT2D eigenvalue weighted by atomic mass is 79.9. The minimum atomic E-state index is -3.82. The Bertz CT molecular complexity index is 1190. The molecule has 1 aliphatic rings. The zero-order chi connectivity index (χ0) is 26.5. The monoisotopic (exact) mass is 581 g/mol. The van der Waals surface area contributed by atoms with Crippen LogP contribution < -0.4 is 19.1 Å². The molecule has 1 atom stereocenters. The second-order valence-corrected chi connectivity index (χ2v) is 12.0. The Kier molecular flexibility index (Phi) is 9.24. The van der Waals surface area contributed by atoms with Gasteiger partial charge in [-0.2, -0.15) is 0 Å². The zero-order valence-electron chi connectivity index (χ0n) is 20.9. The third-order valence-electron chi connectivity index (χ3n) is 5.74. The topological polar surface area (TPSA) is 105 Å². The van der Waals surface area contributed by atoms with Crippen LogP contribution in [0.4, 0.5) is 5.69 Å². The van der Waals surface area contributed by atoms with Crippen molar-refractivity contribution in [2.75, 3.05) is 29.9 Å². The van der Waals surface area contributed by atoms with Crippen LogP contribution in [-0.4, -0.2) is 56.8 Å². The van der Waals surface area contributed by atoms with Gasteiger partial charge in [0.2, 0.25) is 28.6 Å². The number of benzene rings is 2. The number of hydrogen-bond donors (Lipinski definition) is 1. The van der Waals surface area contributed by atoms with Crippen molar-refractivity contribution in [1.29, 1.82) is 0 Å². The Morgan fingerprint density at radius 2 is 1.72 bits per heavy atom. The van der Waals surface area contributed by atoms with Crippen LogP contribution in [0.2, 0.25) is 0 Å². The number of rotatable bonds is 11. The summed E-state index contributed by atoms with van der Waals surface area (Å²) in [6.45, 7) is 7.31. The van der Waals surface area contributed by atoms with E-state index in [1.54, 1.807) is 25.1 Å². The van der Waals surface area contributed by atoms with Gasteiger partial charge in [-0.25, -0.2) is 8.42 Å². The molecule has 0 aromatic heterocycles. The van der Waals surface area contributed by atoms with Crippen molar-refractivity contribution in [1.82, 2.24) is 10.2 Å². The van der Waals surface area contributed by atoms with E-state index in [1.165, 1.54) is 11.8 Å². The number of nitrogens with one attached hydrogen (secondary N) is 1. The fourth-order valence-electron chi connectivity index (χ4n) is 3.58. The first-order valence-electron chi connectivity index (χ1n) is 11.7. The van der Waals surface area contributed by atoms with Crippen molar-refractivity contribution in [2.24, 2.45) is 5.92 Å². The molecular weight excluding hydrogens is 550 g/mol. The van der Waals surface area contributed by atoms with Gasteiger partial charge >= 0.3 is 0 Å². The first-order chi connectivity index (χ1) is 17.0. The normalized spacial score (nSPS) is 13.4. The van der Waals surface area contributed by atoms with Gasteiger partial charge in [0, 0.05) is 23.6 Å². The van der Waals surface area contributed by atoms with Crippen molar-refractivity contribution in [3.63, 3.8) is 0 Å². The molecule has 0 unspecified atom stereocenters.